The van der Waals surface area contributed by atoms with Crippen molar-refractivity contribution in [2.45, 2.75) is 13.0 Å². The van der Waals surface area contributed by atoms with E-state index in [-0.39, 0.29) is 5.56 Å². The molecule has 5 nitrogen and oxygen atoms in total. The molecule has 0 N–H and O–H groups in total. The average molecular weight is 533 g/mol. The Hall–Kier alpha value is -3.42. The number of hydrogen-bond acceptors (Lipinski definition) is 5. The van der Waals surface area contributed by atoms with Gasteiger partial charge < -0.3 is 9.47 Å². The molecule has 0 fully saturated rings. The zero-order valence-corrected chi connectivity index (χ0v) is 20.9. The van der Waals surface area contributed by atoms with Crippen molar-refractivity contribution in [3.05, 3.63) is 109 Å². The number of thiazole rings is 1. The number of fused-ring (bicyclic) bond motifs is 3. The van der Waals surface area contributed by atoms with Gasteiger partial charge >= 0.3 is 0 Å². The van der Waals surface area contributed by atoms with Gasteiger partial charge in [-0.15, -0.1) is 6.58 Å². The van der Waals surface area contributed by atoms with E-state index in [1.165, 1.54) is 11.3 Å². The van der Waals surface area contributed by atoms with E-state index in [4.69, 9.17) is 9.47 Å². The van der Waals surface area contributed by atoms with Crippen LogP contribution in [0, 0.1) is 0 Å². The third-order valence-electron chi connectivity index (χ3n) is 5.48. The predicted molar refractivity (Wildman–Crippen MR) is 141 cm³/mol. The molecule has 0 spiro atoms. The van der Waals surface area contributed by atoms with Crippen LogP contribution in [0.1, 0.15) is 16.7 Å². The summed E-state index contributed by atoms with van der Waals surface area (Å²) in [7, 11) is 1.62. The maximum Gasteiger partial charge on any atom is 0.274 e. The van der Waals surface area contributed by atoms with Gasteiger partial charge in [0.1, 0.15) is 6.61 Å². The van der Waals surface area contributed by atoms with E-state index in [0.717, 1.165) is 32.2 Å². The quantitative estimate of drug-likeness (QED) is 0.258. The summed E-state index contributed by atoms with van der Waals surface area (Å²) >= 11 is 4.83. The van der Waals surface area contributed by atoms with Crippen LogP contribution in [0.3, 0.4) is 0 Å². The standard InChI is InChI=1S/C27H21BrN2O3S/c1-3-6-19-13-18(14-23(32-2)25(19)33-16-17-9-11-20(28)12-10-17)15-24-26(31)30-22-8-5-4-7-21(22)29-27(30)34-24/h3-5,7-15H,1,6,16H2,2H3. The zero-order valence-electron chi connectivity index (χ0n) is 18.5. The van der Waals surface area contributed by atoms with Crippen LogP contribution in [0.2, 0.25) is 0 Å². The van der Waals surface area contributed by atoms with Crippen molar-refractivity contribution in [3.8, 4) is 11.5 Å². The molecule has 0 aliphatic carbocycles. The number of ether oxygens (including phenoxy) is 2. The Morgan fingerprint density at radius 3 is 2.71 bits per heavy atom. The molecule has 0 radical (unpaired) electrons. The van der Waals surface area contributed by atoms with Crippen molar-refractivity contribution in [1.82, 2.24) is 9.38 Å². The van der Waals surface area contributed by atoms with E-state index >= 15 is 0 Å². The molecule has 0 unspecified atom stereocenters. The summed E-state index contributed by atoms with van der Waals surface area (Å²) in [5.74, 6) is 1.29. The Labute approximate surface area is 208 Å². The highest BCUT2D eigenvalue weighted by atomic mass is 79.9. The summed E-state index contributed by atoms with van der Waals surface area (Å²) in [5, 5.41) is 0. The van der Waals surface area contributed by atoms with Crippen LogP contribution < -0.4 is 19.6 Å². The molecule has 0 bridgehead atoms. The summed E-state index contributed by atoms with van der Waals surface area (Å²) in [4.78, 5) is 18.4. The van der Waals surface area contributed by atoms with E-state index in [1.54, 1.807) is 11.5 Å². The molecule has 0 aliphatic heterocycles. The fraction of sp³-hybridized carbons (Fsp3) is 0.111. The van der Waals surface area contributed by atoms with Gasteiger partial charge in [-0.05, 0) is 60.0 Å². The van der Waals surface area contributed by atoms with Crippen LogP contribution in [0.15, 0.2) is 82.6 Å². The van der Waals surface area contributed by atoms with Crippen LogP contribution in [0.5, 0.6) is 11.5 Å². The molecule has 0 atom stereocenters. The fourth-order valence-corrected chi connectivity index (χ4v) is 5.14. The number of aromatic nitrogens is 2. The van der Waals surface area contributed by atoms with Crippen molar-refractivity contribution in [2.75, 3.05) is 7.11 Å². The van der Waals surface area contributed by atoms with Gasteiger partial charge in [-0.2, -0.15) is 0 Å². The summed E-state index contributed by atoms with van der Waals surface area (Å²) in [5.41, 5.74) is 4.41. The minimum absolute atomic E-state index is 0.0755. The molecule has 0 aliphatic rings. The highest BCUT2D eigenvalue weighted by Gasteiger charge is 2.14. The summed E-state index contributed by atoms with van der Waals surface area (Å²) in [6, 6.07) is 19.6. The van der Waals surface area contributed by atoms with Crippen LogP contribution in [0.4, 0.5) is 0 Å². The van der Waals surface area contributed by atoms with Gasteiger partial charge in [0.15, 0.2) is 16.5 Å². The lowest BCUT2D eigenvalue weighted by Gasteiger charge is -2.16. The van der Waals surface area contributed by atoms with Gasteiger partial charge in [-0.1, -0.05) is 57.6 Å². The van der Waals surface area contributed by atoms with E-state index in [0.29, 0.717) is 34.0 Å². The number of halogens is 1. The average Bonchev–Trinajstić information content (AvgIpc) is 3.35. The first-order valence-electron chi connectivity index (χ1n) is 10.7. The van der Waals surface area contributed by atoms with Crippen LogP contribution in [0.25, 0.3) is 22.1 Å². The van der Waals surface area contributed by atoms with Crippen molar-refractivity contribution >= 4 is 49.3 Å². The monoisotopic (exact) mass is 532 g/mol. The first-order chi connectivity index (χ1) is 16.6. The number of nitrogens with zero attached hydrogens (tertiary/aromatic N) is 2. The molecule has 0 saturated heterocycles. The zero-order chi connectivity index (χ0) is 23.7. The highest BCUT2D eigenvalue weighted by Crippen LogP contribution is 2.34. The molecular weight excluding hydrogens is 512 g/mol. The molecule has 170 valence electrons. The Balaban J connectivity index is 1.55. The molecular formula is C27H21BrN2O3S. The first kappa shape index (κ1) is 22.4. The molecule has 5 aromatic rings. The van der Waals surface area contributed by atoms with Crippen molar-refractivity contribution in [1.29, 1.82) is 0 Å². The topological polar surface area (TPSA) is 52.8 Å². The highest BCUT2D eigenvalue weighted by molar-refractivity contribution is 9.10. The second kappa shape index (κ2) is 9.44. The lowest BCUT2D eigenvalue weighted by Crippen LogP contribution is -2.22. The third kappa shape index (κ3) is 4.24. The van der Waals surface area contributed by atoms with Crippen LogP contribution in [-0.4, -0.2) is 16.5 Å². The van der Waals surface area contributed by atoms with Gasteiger partial charge in [0, 0.05) is 10.0 Å². The van der Waals surface area contributed by atoms with E-state index < -0.39 is 0 Å². The Morgan fingerprint density at radius 1 is 1.15 bits per heavy atom. The summed E-state index contributed by atoms with van der Waals surface area (Å²) in [6.07, 6.45) is 4.32. The molecule has 0 saturated carbocycles. The van der Waals surface area contributed by atoms with E-state index in [2.05, 4.69) is 27.5 Å². The molecule has 7 heteroatoms. The number of para-hydroxylation sites is 2. The number of hydrogen-bond donors (Lipinski definition) is 0. The number of methoxy groups -OCH3 is 1. The second-order valence-corrected chi connectivity index (χ2v) is 9.68. The van der Waals surface area contributed by atoms with Gasteiger partial charge in [0.2, 0.25) is 0 Å². The minimum Gasteiger partial charge on any atom is -0.493 e. The van der Waals surface area contributed by atoms with Crippen molar-refractivity contribution < 1.29 is 9.47 Å². The maximum absolute atomic E-state index is 13.1. The third-order valence-corrected chi connectivity index (χ3v) is 6.98. The Kier molecular flexibility index (Phi) is 6.22. The second-order valence-electron chi connectivity index (χ2n) is 7.75. The lowest BCUT2D eigenvalue weighted by atomic mass is 10.1. The Morgan fingerprint density at radius 2 is 1.94 bits per heavy atom. The van der Waals surface area contributed by atoms with Gasteiger partial charge in [-0.3, -0.25) is 4.79 Å². The van der Waals surface area contributed by atoms with Crippen LogP contribution in [-0.2, 0) is 13.0 Å². The number of benzene rings is 3. The summed E-state index contributed by atoms with van der Waals surface area (Å²) in [6.45, 7) is 4.30. The molecule has 34 heavy (non-hydrogen) atoms. The molecule has 5 rings (SSSR count). The first-order valence-corrected chi connectivity index (χ1v) is 12.3. The molecule has 2 aromatic heterocycles. The van der Waals surface area contributed by atoms with Gasteiger partial charge in [-0.25, -0.2) is 9.38 Å². The molecule has 0 amide bonds. The van der Waals surface area contributed by atoms with Crippen molar-refractivity contribution in [3.63, 3.8) is 0 Å². The SMILES string of the molecule is C=CCc1cc(C=c2sc3nc4ccccc4n3c2=O)cc(OC)c1OCc1ccc(Br)cc1. The fourth-order valence-electron chi connectivity index (χ4n) is 3.89. The minimum atomic E-state index is -0.0755. The van der Waals surface area contributed by atoms with Crippen LogP contribution >= 0.6 is 27.3 Å². The van der Waals surface area contributed by atoms with Crippen molar-refractivity contribution in [2.24, 2.45) is 0 Å². The Bertz CT molecular complexity index is 1620. The predicted octanol–water partition coefficient (Wildman–Crippen LogP) is 5.54. The largest absolute Gasteiger partial charge is 0.493 e. The number of rotatable bonds is 7. The molecule has 3 aromatic carbocycles. The number of allylic oxidation sites excluding steroid dienone is 1. The lowest BCUT2D eigenvalue weighted by molar-refractivity contribution is 0.282. The molecule has 2 heterocycles. The number of imidazole rings is 1. The van der Waals surface area contributed by atoms with Gasteiger partial charge in [0.25, 0.3) is 5.56 Å². The maximum atomic E-state index is 13.1. The normalized spacial score (nSPS) is 11.9. The van der Waals surface area contributed by atoms with Gasteiger partial charge in [0.05, 0.1) is 22.7 Å². The van der Waals surface area contributed by atoms with E-state index in [9.17, 15) is 4.79 Å². The summed E-state index contributed by atoms with van der Waals surface area (Å²) < 4.78 is 15.2. The van der Waals surface area contributed by atoms with E-state index in [1.807, 2.05) is 72.8 Å². The smallest absolute Gasteiger partial charge is 0.274 e.